The Morgan fingerprint density at radius 2 is 1.91 bits per heavy atom. The van der Waals surface area contributed by atoms with Crippen molar-refractivity contribution in [2.45, 2.75) is 19.4 Å². The minimum Gasteiger partial charge on any atom is -0.469 e. The molecule has 1 unspecified atom stereocenters. The average Bonchev–Trinajstić information content (AvgIpc) is 2.90. The van der Waals surface area contributed by atoms with Crippen LogP contribution in [0.2, 0.25) is 0 Å². The molecule has 2 aromatic carbocycles. The number of fused-ring (bicyclic) bond motifs is 1. The largest absolute Gasteiger partial charge is 0.469 e. The van der Waals surface area contributed by atoms with Crippen LogP contribution < -0.4 is 4.90 Å². The van der Waals surface area contributed by atoms with Gasteiger partial charge in [-0.3, -0.25) is 9.59 Å². The molecule has 0 bridgehead atoms. The van der Waals surface area contributed by atoms with E-state index in [-0.39, 0.29) is 17.8 Å². The molecule has 5 heteroatoms. The van der Waals surface area contributed by atoms with Crippen LogP contribution in [0.5, 0.6) is 0 Å². The lowest BCUT2D eigenvalue weighted by Crippen LogP contribution is -2.23. The molecule has 0 radical (unpaired) electrons. The van der Waals surface area contributed by atoms with Gasteiger partial charge in [0.2, 0.25) is 0 Å². The summed E-state index contributed by atoms with van der Waals surface area (Å²) in [5, 5.41) is 0. The highest BCUT2D eigenvalue weighted by Gasteiger charge is 2.29. The van der Waals surface area contributed by atoms with Crippen LogP contribution in [0.4, 0.5) is 10.1 Å². The molecule has 1 heterocycles. The summed E-state index contributed by atoms with van der Waals surface area (Å²) in [5.41, 5.74) is 2.74. The Balaban J connectivity index is 1.84. The molecule has 4 nitrogen and oxygen atoms in total. The Kier molecular flexibility index (Phi) is 3.86. The van der Waals surface area contributed by atoms with E-state index in [1.54, 1.807) is 42.2 Å². The zero-order valence-corrected chi connectivity index (χ0v) is 12.9. The van der Waals surface area contributed by atoms with E-state index in [4.69, 9.17) is 4.74 Å². The second kappa shape index (κ2) is 5.83. The Labute approximate surface area is 133 Å². The van der Waals surface area contributed by atoms with Crippen molar-refractivity contribution in [3.63, 3.8) is 0 Å². The van der Waals surface area contributed by atoms with E-state index >= 15 is 0 Å². The van der Waals surface area contributed by atoms with Crippen molar-refractivity contribution < 1.29 is 18.7 Å². The third-order valence-electron chi connectivity index (χ3n) is 4.14. The number of hydrogen-bond acceptors (Lipinski definition) is 3. The summed E-state index contributed by atoms with van der Waals surface area (Å²) in [5.74, 6) is -1.30. The monoisotopic (exact) mass is 313 g/mol. The van der Waals surface area contributed by atoms with Crippen LogP contribution in [0.3, 0.4) is 0 Å². The summed E-state index contributed by atoms with van der Waals surface area (Å²) < 4.78 is 18.0. The molecule has 1 amide bonds. The van der Waals surface area contributed by atoms with Gasteiger partial charge in [-0.05, 0) is 42.3 Å². The first-order valence-electron chi connectivity index (χ1n) is 7.29. The first kappa shape index (κ1) is 15.2. The van der Waals surface area contributed by atoms with Crippen molar-refractivity contribution in [2.24, 2.45) is 0 Å². The van der Waals surface area contributed by atoms with Gasteiger partial charge in [-0.25, -0.2) is 4.39 Å². The Hall–Kier alpha value is -2.69. The van der Waals surface area contributed by atoms with Crippen LogP contribution in [0.1, 0.15) is 34.3 Å². The van der Waals surface area contributed by atoms with Crippen molar-refractivity contribution in [3.05, 3.63) is 65.0 Å². The van der Waals surface area contributed by atoms with Crippen molar-refractivity contribution in [1.29, 1.82) is 0 Å². The maximum absolute atomic E-state index is 13.3. The van der Waals surface area contributed by atoms with E-state index in [0.717, 1.165) is 11.1 Å². The van der Waals surface area contributed by atoms with E-state index < -0.39 is 5.82 Å². The zero-order valence-electron chi connectivity index (χ0n) is 12.9. The lowest BCUT2D eigenvalue weighted by molar-refractivity contribution is -0.141. The number of ether oxygens (including phenoxy) is 1. The Bertz CT molecular complexity index is 770. The molecule has 0 saturated heterocycles. The molecule has 2 aromatic rings. The van der Waals surface area contributed by atoms with Gasteiger partial charge in [-0.2, -0.15) is 0 Å². The average molecular weight is 313 g/mol. The van der Waals surface area contributed by atoms with Crippen LogP contribution in [-0.2, 0) is 16.1 Å². The van der Waals surface area contributed by atoms with Crippen LogP contribution in [0.25, 0.3) is 0 Å². The number of halogens is 1. The molecule has 23 heavy (non-hydrogen) atoms. The van der Waals surface area contributed by atoms with Crippen LogP contribution in [-0.4, -0.2) is 19.0 Å². The fraction of sp³-hybridized carbons (Fsp3) is 0.222. The number of esters is 1. The number of nitrogens with zero attached hydrogens (tertiary/aromatic N) is 1. The smallest absolute Gasteiger partial charge is 0.312 e. The standard InChI is InChI=1S/C18H16FNO3/c1-11(18(22)23-2)12-4-7-15(8-5-12)20-10-13-3-6-14(19)9-16(13)17(20)21/h3-9,11H,10H2,1-2H3. The van der Waals surface area contributed by atoms with Gasteiger partial charge in [0.05, 0.1) is 19.6 Å². The minimum absolute atomic E-state index is 0.215. The molecule has 0 saturated carbocycles. The number of methoxy groups -OCH3 is 1. The van der Waals surface area contributed by atoms with E-state index in [2.05, 4.69) is 0 Å². The fourth-order valence-corrected chi connectivity index (χ4v) is 2.74. The van der Waals surface area contributed by atoms with E-state index in [9.17, 15) is 14.0 Å². The number of carbonyl (C=O) groups excluding carboxylic acids is 2. The van der Waals surface area contributed by atoms with E-state index in [1.165, 1.54) is 19.2 Å². The second-order valence-corrected chi connectivity index (χ2v) is 5.53. The molecule has 1 aliphatic heterocycles. The SMILES string of the molecule is COC(=O)C(C)c1ccc(N2Cc3ccc(F)cc3C2=O)cc1. The van der Waals surface area contributed by atoms with Crippen LogP contribution >= 0.6 is 0 Å². The van der Waals surface area contributed by atoms with Crippen LogP contribution in [0, 0.1) is 5.82 Å². The van der Waals surface area contributed by atoms with Gasteiger partial charge < -0.3 is 9.64 Å². The highest BCUT2D eigenvalue weighted by molar-refractivity contribution is 6.10. The summed E-state index contributed by atoms with van der Waals surface area (Å²) in [4.78, 5) is 25.6. The highest BCUT2D eigenvalue weighted by atomic mass is 19.1. The molecule has 3 rings (SSSR count). The number of carbonyl (C=O) groups is 2. The van der Waals surface area contributed by atoms with Gasteiger partial charge in [-0.15, -0.1) is 0 Å². The van der Waals surface area contributed by atoms with Crippen molar-refractivity contribution in [2.75, 3.05) is 12.0 Å². The van der Waals surface area contributed by atoms with Crippen LogP contribution in [0.15, 0.2) is 42.5 Å². The summed E-state index contributed by atoms with van der Waals surface area (Å²) in [7, 11) is 1.35. The van der Waals surface area contributed by atoms with E-state index in [0.29, 0.717) is 17.8 Å². The first-order valence-corrected chi connectivity index (χ1v) is 7.29. The molecule has 1 aliphatic rings. The predicted octanol–water partition coefficient (Wildman–Crippen LogP) is 3.26. The summed E-state index contributed by atoms with van der Waals surface area (Å²) >= 11 is 0. The highest BCUT2D eigenvalue weighted by Crippen LogP contribution is 2.30. The maximum atomic E-state index is 13.3. The van der Waals surface area contributed by atoms with Crippen molar-refractivity contribution >= 4 is 17.6 Å². The number of amides is 1. The molecule has 0 spiro atoms. The van der Waals surface area contributed by atoms with Gasteiger partial charge in [0.25, 0.3) is 5.91 Å². The minimum atomic E-state index is -0.416. The Morgan fingerprint density at radius 1 is 1.22 bits per heavy atom. The molecular weight excluding hydrogens is 297 g/mol. The first-order chi connectivity index (χ1) is 11.0. The number of rotatable bonds is 3. The fourth-order valence-electron chi connectivity index (χ4n) is 2.74. The third-order valence-corrected chi connectivity index (χ3v) is 4.14. The Morgan fingerprint density at radius 3 is 2.57 bits per heavy atom. The molecule has 118 valence electrons. The molecular formula is C18H16FNO3. The van der Waals surface area contributed by atoms with Gasteiger partial charge in [-0.1, -0.05) is 18.2 Å². The molecule has 0 aromatic heterocycles. The summed E-state index contributed by atoms with van der Waals surface area (Å²) in [6, 6.07) is 11.4. The molecule has 1 atom stereocenters. The van der Waals surface area contributed by atoms with Gasteiger partial charge >= 0.3 is 5.97 Å². The predicted molar refractivity (Wildman–Crippen MR) is 83.8 cm³/mol. The summed E-state index contributed by atoms with van der Waals surface area (Å²) in [6.45, 7) is 2.18. The lowest BCUT2D eigenvalue weighted by atomic mass is 10.0. The van der Waals surface area contributed by atoms with Gasteiger partial charge in [0, 0.05) is 11.3 Å². The molecule has 0 aliphatic carbocycles. The number of hydrogen-bond donors (Lipinski definition) is 0. The van der Waals surface area contributed by atoms with Crippen molar-refractivity contribution in [3.8, 4) is 0 Å². The number of benzene rings is 2. The zero-order chi connectivity index (χ0) is 16.6. The normalized spacial score (nSPS) is 14.6. The molecule has 0 N–H and O–H groups in total. The molecule has 0 fully saturated rings. The topological polar surface area (TPSA) is 46.6 Å². The number of anilines is 1. The van der Waals surface area contributed by atoms with Gasteiger partial charge in [0.1, 0.15) is 5.82 Å². The summed E-state index contributed by atoms with van der Waals surface area (Å²) in [6.07, 6.45) is 0. The maximum Gasteiger partial charge on any atom is 0.312 e. The quantitative estimate of drug-likeness (QED) is 0.817. The van der Waals surface area contributed by atoms with Crippen molar-refractivity contribution in [1.82, 2.24) is 0 Å². The third kappa shape index (κ3) is 2.70. The lowest BCUT2D eigenvalue weighted by Gasteiger charge is -2.17. The van der Waals surface area contributed by atoms with E-state index in [1.807, 2.05) is 0 Å². The second-order valence-electron chi connectivity index (χ2n) is 5.53. The van der Waals surface area contributed by atoms with Gasteiger partial charge in [0.15, 0.2) is 0 Å².